The maximum absolute atomic E-state index is 13.3. The Balaban J connectivity index is 2.00. The van der Waals surface area contributed by atoms with E-state index in [1.165, 1.54) is 6.07 Å². The van der Waals surface area contributed by atoms with Crippen LogP contribution in [-0.4, -0.2) is 26.4 Å². The molecule has 0 aromatic heterocycles. The summed E-state index contributed by atoms with van der Waals surface area (Å²) in [5.41, 5.74) is 2.64. The van der Waals surface area contributed by atoms with Crippen molar-refractivity contribution in [1.29, 1.82) is 0 Å². The van der Waals surface area contributed by atoms with Gasteiger partial charge in [-0.25, -0.2) is 13.1 Å². The third kappa shape index (κ3) is 4.22. The van der Waals surface area contributed by atoms with E-state index in [2.05, 4.69) is 4.72 Å². The highest BCUT2D eigenvalue weighted by molar-refractivity contribution is 7.89. The molecule has 2 aromatic carbocycles. The quantitative estimate of drug-likeness (QED) is 0.875. The average molecular weight is 387 g/mol. The SMILES string of the molecule is Cc1ccc(S(=O)(=O)NC(C)(C)C)cc1C(=O)N1CCCc2ccccc21. The normalized spacial score (nSPS) is 14.7. The minimum absolute atomic E-state index is 0.108. The highest BCUT2D eigenvalue weighted by Gasteiger charge is 2.27. The number of fused-ring (bicyclic) bond motifs is 1. The van der Waals surface area contributed by atoms with Gasteiger partial charge in [0.05, 0.1) is 4.90 Å². The van der Waals surface area contributed by atoms with Gasteiger partial charge in [0.25, 0.3) is 5.91 Å². The van der Waals surface area contributed by atoms with Crippen LogP contribution in [-0.2, 0) is 16.4 Å². The molecule has 1 aliphatic rings. The van der Waals surface area contributed by atoms with Gasteiger partial charge < -0.3 is 4.90 Å². The molecule has 0 atom stereocenters. The molecule has 27 heavy (non-hydrogen) atoms. The molecule has 2 aromatic rings. The van der Waals surface area contributed by atoms with E-state index in [4.69, 9.17) is 0 Å². The van der Waals surface area contributed by atoms with Crippen molar-refractivity contribution in [3.63, 3.8) is 0 Å². The lowest BCUT2D eigenvalue weighted by molar-refractivity contribution is 0.0984. The summed E-state index contributed by atoms with van der Waals surface area (Å²) >= 11 is 0. The van der Waals surface area contributed by atoms with E-state index < -0.39 is 15.6 Å². The lowest BCUT2D eigenvalue weighted by Crippen LogP contribution is -2.40. The molecule has 0 fully saturated rings. The van der Waals surface area contributed by atoms with Crippen LogP contribution < -0.4 is 9.62 Å². The number of hydrogen-bond donors (Lipinski definition) is 1. The number of nitrogens with one attached hydrogen (secondary N) is 1. The first kappa shape index (κ1) is 19.6. The maximum atomic E-state index is 13.3. The van der Waals surface area contributed by atoms with E-state index in [0.717, 1.165) is 29.7 Å². The molecule has 0 saturated heterocycles. The second-order valence-electron chi connectivity index (χ2n) is 8.02. The number of para-hydroxylation sites is 1. The number of anilines is 1. The number of carbonyl (C=O) groups is 1. The monoisotopic (exact) mass is 386 g/mol. The largest absolute Gasteiger partial charge is 0.308 e. The van der Waals surface area contributed by atoms with Gasteiger partial charge in [-0.3, -0.25) is 4.79 Å². The van der Waals surface area contributed by atoms with Crippen LogP contribution in [0.25, 0.3) is 0 Å². The van der Waals surface area contributed by atoms with Gasteiger partial charge in [-0.2, -0.15) is 0 Å². The van der Waals surface area contributed by atoms with Crippen LogP contribution in [0.1, 0.15) is 48.7 Å². The molecule has 5 nitrogen and oxygen atoms in total. The Kier molecular flexibility index (Phi) is 5.14. The van der Waals surface area contributed by atoms with E-state index in [0.29, 0.717) is 12.1 Å². The molecule has 0 bridgehead atoms. The van der Waals surface area contributed by atoms with E-state index in [1.807, 2.05) is 31.2 Å². The first-order chi connectivity index (χ1) is 12.6. The number of nitrogens with zero attached hydrogens (tertiary/aromatic N) is 1. The van der Waals surface area contributed by atoms with E-state index >= 15 is 0 Å². The van der Waals surface area contributed by atoms with Crippen LogP contribution in [0.2, 0.25) is 0 Å². The van der Waals surface area contributed by atoms with Gasteiger partial charge >= 0.3 is 0 Å². The van der Waals surface area contributed by atoms with Gasteiger partial charge in [-0.05, 0) is 69.9 Å². The first-order valence-electron chi connectivity index (χ1n) is 9.13. The molecular weight excluding hydrogens is 360 g/mol. The van der Waals surface area contributed by atoms with Crippen LogP contribution in [0.5, 0.6) is 0 Å². The summed E-state index contributed by atoms with van der Waals surface area (Å²) in [7, 11) is -3.70. The molecule has 0 aliphatic carbocycles. The van der Waals surface area contributed by atoms with Crippen LogP contribution in [0, 0.1) is 6.92 Å². The van der Waals surface area contributed by atoms with E-state index in [-0.39, 0.29) is 10.8 Å². The Morgan fingerprint density at radius 2 is 1.81 bits per heavy atom. The fourth-order valence-electron chi connectivity index (χ4n) is 3.35. The molecule has 1 amide bonds. The molecule has 3 rings (SSSR count). The van der Waals surface area contributed by atoms with Crippen molar-refractivity contribution in [2.75, 3.05) is 11.4 Å². The fourth-order valence-corrected chi connectivity index (χ4v) is 4.79. The third-order valence-corrected chi connectivity index (χ3v) is 6.30. The summed E-state index contributed by atoms with van der Waals surface area (Å²) in [6, 6.07) is 12.6. The summed E-state index contributed by atoms with van der Waals surface area (Å²) in [5, 5.41) is 0. The highest BCUT2D eigenvalue weighted by atomic mass is 32.2. The van der Waals surface area contributed by atoms with Crippen LogP contribution >= 0.6 is 0 Å². The highest BCUT2D eigenvalue weighted by Crippen LogP contribution is 2.29. The number of benzene rings is 2. The summed E-state index contributed by atoms with van der Waals surface area (Å²) in [6.07, 6.45) is 1.84. The second-order valence-corrected chi connectivity index (χ2v) is 9.70. The number of hydrogen-bond acceptors (Lipinski definition) is 3. The fraction of sp³-hybridized carbons (Fsp3) is 0.381. The van der Waals surface area contributed by atoms with Crippen molar-refractivity contribution >= 4 is 21.6 Å². The number of aryl methyl sites for hydroxylation is 2. The van der Waals surface area contributed by atoms with Crippen LogP contribution in [0.4, 0.5) is 5.69 Å². The van der Waals surface area contributed by atoms with E-state index in [1.54, 1.807) is 37.8 Å². The lowest BCUT2D eigenvalue weighted by atomic mass is 10.00. The van der Waals surface area contributed by atoms with Crippen molar-refractivity contribution < 1.29 is 13.2 Å². The van der Waals surface area contributed by atoms with Crippen LogP contribution in [0.3, 0.4) is 0 Å². The van der Waals surface area contributed by atoms with Crippen molar-refractivity contribution in [1.82, 2.24) is 4.72 Å². The number of sulfonamides is 1. The van der Waals surface area contributed by atoms with Gasteiger partial charge in [0.2, 0.25) is 10.0 Å². The topological polar surface area (TPSA) is 66.5 Å². The smallest absolute Gasteiger partial charge is 0.258 e. The molecule has 1 N–H and O–H groups in total. The Hall–Kier alpha value is -2.18. The van der Waals surface area contributed by atoms with Crippen molar-refractivity contribution in [2.45, 2.75) is 51.0 Å². The van der Waals surface area contributed by atoms with Crippen LogP contribution in [0.15, 0.2) is 47.4 Å². The van der Waals surface area contributed by atoms with Crippen molar-refractivity contribution in [3.05, 3.63) is 59.2 Å². The molecule has 0 radical (unpaired) electrons. The maximum Gasteiger partial charge on any atom is 0.258 e. The predicted molar refractivity (Wildman–Crippen MR) is 108 cm³/mol. The zero-order chi connectivity index (χ0) is 19.8. The summed E-state index contributed by atoms with van der Waals surface area (Å²) < 4.78 is 28.0. The Labute approximate surface area is 161 Å². The van der Waals surface area contributed by atoms with Crippen molar-refractivity contribution in [3.8, 4) is 0 Å². The summed E-state index contributed by atoms with van der Waals surface area (Å²) in [5.74, 6) is -0.160. The summed E-state index contributed by atoms with van der Waals surface area (Å²) in [6.45, 7) is 7.82. The van der Waals surface area contributed by atoms with Gasteiger partial charge in [0, 0.05) is 23.3 Å². The Bertz CT molecular complexity index is 975. The number of carbonyl (C=O) groups excluding carboxylic acids is 1. The van der Waals surface area contributed by atoms with Gasteiger partial charge in [-0.15, -0.1) is 0 Å². The lowest BCUT2D eigenvalue weighted by Gasteiger charge is -2.30. The molecular formula is C21H26N2O3S. The first-order valence-corrected chi connectivity index (χ1v) is 10.6. The minimum Gasteiger partial charge on any atom is -0.308 e. The average Bonchev–Trinajstić information content (AvgIpc) is 2.59. The standard InChI is InChI=1S/C21H26N2O3S/c1-15-11-12-17(27(25,26)22-21(2,3)4)14-18(15)20(24)23-13-7-9-16-8-5-6-10-19(16)23/h5-6,8,10-12,14,22H,7,9,13H2,1-4H3. The second kappa shape index (κ2) is 7.09. The Morgan fingerprint density at radius 1 is 1.11 bits per heavy atom. The number of amides is 1. The van der Waals surface area contributed by atoms with Crippen molar-refractivity contribution in [2.24, 2.45) is 0 Å². The molecule has 144 valence electrons. The molecule has 0 saturated carbocycles. The molecule has 1 aliphatic heterocycles. The zero-order valence-corrected chi connectivity index (χ0v) is 17.1. The number of rotatable bonds is 3. The van der Waals surface area contributed by atoms with E-state index in [9.17, 15) is 13.2 Å². The zero-order valence-electron chi connectivity index (χ0n) is 16.2. The molecule has 0 unspecified atom stereocenters. The van der Waals surface area contributed by atoms with Gasteiger partial charge in [0.15, 0.2) is 0 Å². The van der Waals surface area contributed by atoms with Gasteiger partial charge in [-0.1, -0.05) is 24.3 Å². The Morgan fingerprint density at radius 3 is 2.52 bits per heavy atom. The summed E-state index contributed by atoms with van der Waals surface area (Å²) in [4.78, 5) is 15.1. The molecule has 0 spiro atoms. The minimum atomic E-state index is -3.70. The third-order valence-electron chi connectivity index (χ3n) is 4.55. The molecule has 6 heteroatoms. The predicted octanol–water partition coefficient (Wildman–Crippen LogP) is 3.66. The molecule has 1 heterocycles. The van der Waals surface area contributed by atoms with Gasteiger partial charge in [0.1, 0.15) is 0 Å².